The van der Waals surface area contributed by atoms with E-state index in [0.29, 0.717) is 12.1 Å². The Labute approximate surface area is 124 Å². The first-order valence-electron chi connectivity index (χ1n) is 7.13. The Balaban J connectivity index is 2.93. The fourth-order valence-corrected chi connectivity index (χ4v) is 1.86. The highest BCUT2D eigenvalue weighted by Gasteiger charge is 2.23. The van der Waals surface area contributed by atoms with Crippen LogP contribution in [0.5, 0.6) is 0 Å². The molecule has 1 aromatic rings. The molecule has 1 aromatic heterocycles. The van der Waals surface area contributed by atoms with Crippen LogP contribution in [-0.2, 0) is 17.8 Å². The number of nitrogens with zero attached hydrogens (tertiary/aromatic N) is 3. The minimum Gasteiger partial charge on any atom is -0.476 e. The third kappa shape index (κ3) is 4.84. The molecule has 7 heteroatoms. The molecular weight excluding hydrogens is 272 g/mol. The molecule has 2 N–H and O–H groups in total. The minimum absolute atomic E-state index is 0.0221. The highest BCUT2D eigenvalue weighted by Crippen LogP contribution is 2.13. The average molecular weight is 296 g/mol. The largest absolute Gasteiger partial charge is 0.476 e. The quantitative estimate of drug-likeness (QED) is 0.794. The third-order valence-corrected chi connectivity index (χ3v) is 3.30. The maximum absolute atomic E-state index is 12.1. The molecule has 0 fully saturated rings. The lowest BCUT2D eigenvalue weighted by molar-refractivity contribution is -0.123. The summed E-state index contributed by atoms with van der Waals surface area (Å²) in [5, 5.41) is 19.5. The molecule has 7 nitrogen and oxygen atoms in total. The lowest BCUT2D eigenvalue weighted by Crippen LogP contribution is -2.44. The second-order valence-electron chi connectivity index (χ2n) is 6.23. The molecule has 0 saturated heterocycles. The smallest absolute Gasteiger partial charge is 0.358 e. The van der Waals surface area contributed by atoms with Crippen molar-refractivity contribution < 1.29 is 14.7 Å². The van der Waals surface area contributed by atoms with Gasteiger partial charge in [-0.2, -0.15) is 0 Å². The van der Waals surface area contributed by atoms with Crippen LogP contribution in [0, 0.1) is 5.92 Å². The van der Waals surface area contributed by atoms with Gasteiger partial charge in [0.25, 0.3) is 0 Å². The summed E-state index contributed by atoms with van der Waals surface area (Å²) in [5.74, 6) is -1.07. The van der Waals surface area contributed by atoms with Crippen LogP contribution in [-0.4, -0.2) is 37.5 Å². The molecule has 0 atom stereocenters. The van der Waals surface area contributed by atoms with Crippen molar-refractivity contribution in [1.29, 1.82) is 0 Å². The number of rotatable bonds is 7. The van der Waals surface area contributed by atoms with E-state index in [4.69, 9.17) is 5.11 Å². The molecule has 1 amide bonds. The first-order chi connectivity index (χ1) is 9.66. The summed E-state index contributed by atoms with van der Waals surface area (Å²) in [6.07, 6.45) is 1.31. The van der Waals surface area contributed by atoms with Crippen molar-refractivity contribution in [3.05, 3.63) is 11.4 Å². The van der Waals surface area contributed by atoms with Crippen LogP contribution in [0.4, 0.5) is 0 Å². The van der Waals surface area contributed by atoms with Crippen molar-refractivity contribution in [1.82, 2.24) is 20.3 Å². The van der Waals surface area contributed by atoms with Crippen LogP contribution >= 0.6 is 0 Å². The Morgan fingerprint density at radius 3 is 2.48 bits per heavy atom. The highest BCUT2D eigenvalue weighted by atomic mass is 16.4. The Morgan fingerprint density at radius 1 is 1.38 bits per heavy atom. The van der Waals surface area contributed by atoms with Crippen molar-refractivity contribution in [3.63, 3.8) is 0 Å². The van der Waals surface area contributed by atoms with E-state index in [-0.39, 0.29) is 29.6 Å². The summed E-state index contributed by atoms with van der Waals surface area (Å²) in [5.41, 5.74) is 0.110. The third-order valence-electron chi connectivity index (χ3n) is 3.30. The Hall–Kier alpha value is -1.92. The van der Waals surface area contributed by atoms with Gasteiger partial charge in [-0.15, -0.1) is 5.10 Å². The molecule has 0 aromatic carbocycles. The number of hydrogen-bond acceptors (Lipinski definition) is 4. The minimum atomic E-state index is -1.12. The number of aromatic nitrogens is 3. The second kappa shape index (κ2) is 6.69. The molecule has 1 heterocycles. The molecule has 0 bridgehead atoms. The van der Waals surface area contributed by atoms with E-state index >= 15 is 0 Å². The van der Waals surface area contributed by atoms with Gasteiger partial charge in [0.1, 0.15) is 6.54 Å². The van der Waals surface area contributed by atoms with Crippen LogP contribution in [0.15, 0.2) is 0 Å². The van der Waals surface area contributed by atoms with Gasteiger partial charge in [-0.25, -0.2) is 9.48 Å². The number of carbonyl (C=O) groups is 2. The van der Waals surface area contributed by atoms with Gasteiger partial charge in [-0.05, 0) is 32.6 Å². The zero-order chi connectivity index (χ0) is 16.2. The topological polar surface area (TPSA) is 97.1 Å². The number of hydrogen-bond donors (Lipinski definition) is 2. The fourth-order valence-electron chi connectivity index (χ4n) is 1.86. The van der Waals surface area contributed by atoms with E-state index in [1.165, 1.54) is 4.68 Å². The summed E-state index contributed by atoms with van der Waals surface area (Å²) in [6.45, 7) is 9.79. The van der Waals surface area contributed by atoms with E-state index in [1.807, 2.05) is 34.6 Å². The van der Waals surface area contributed by atoms with Crippen molar-refractivity contribution >= 4 is 11.9 Å². The zero-order valence-corrected chi connectivity index (χ0v) is 13.3. The van der Waals surface area contributed by atoms with Gasteiger partial charge in [-0.1, -0.05) is 26.0 Å². The Morgan fingerprint density at radius 2 is 2.00 bits per heavy atom. The van der Waals surface area contributed by atoms with E-state index in [9.17, 15) is 9.59 Å². The summed E-state index contributed by atoms with van der Waals surface area (Å²) in [7, 11) is 0. The van der Waals surface area contributed by atoms with Crippen LogP contribution in [0.2, 0.25) is 0 Å². The van der Waals surface area contributed by atoms with Gasteiger partial charge >= 0.3 is 5.97 Å². The Bertz CT molecular complexity index is 520. The van der Waals surface area contributed by atoms with Gasteiger partial charge in [0.15, 0.2) is 5.69 Å². The second-order valence-corrected chi connectivity index (χ2v) is 6.23. The summed E-state index contributed by atoms with van der Waals surface area (Å²) < 4.78 is 1.38. The molecule has 0 saturated carbocycles. The molecular formula is C14H24N4O3. The molecule has 0 aliphatic heterocycles. The molecule has 0 aliphatic carbocycles. The summed E-state index contributed by atoms with van der Waals surface area (Å²) in [6, 6.07) is 0. The summed E-state index contributed by atoms with van der Waals surface area (Å²) in [4.78, 5) is 23.2. The normalized spacial score (nSPS) is 11.7. The standard InChI is InChI=1S/C14H24N4O3/c1-6-14(4,5)15-11(19)8-18-10(7-9(2)3)12(13(20)21)16-17-18/h9H,6-8H2,1-5H3,(H,15,19)(H,20,21). The van der Waals surface area contributed by atoms with Crippen molar-refractivity contribution in [2.24, 2.45) is 5.92 Å². The van der Waals surface area contributed by atoms with E-state index in [2.05, 4.69) is 15.6 Å². The number of nitrogens with one attached hydrogen (secondary N) is 1. The van der Waals surface area contributed by atoms with E-state index in [0.717, 1.165) is 6.42 Å². The first kappa shape index (κ1) is 17.1. The predicted octanol–water partition coefficient (Wildman–Crippen LogP) is 1.48. The molecule has 1 rings (SSSR count). The number of aromatic carboxylic acids is 1. The SMILES string of the molecule is CCC(C)(C)NC(=O)Cn1nnc(C(=O)O)c1CC(C)C. The number of carboxylic acids is 1. The van der Waals surface area contributed by atoms with Crippen LogP contribution in [0.25, 0.3) is 0 Å². The average Bonchev–Trinajstić information content (AvgIpc) is 2.71. The first-order valence-corrected chi connectivity index (χ1v) is 7.13. The molecule has 0 radical (unpaired) electrons. The lowest BCUT2D eigenvalue weighted by Gasteiger charge is -2.24. The predicted molar refractivity (Wildman–Crippen MR) is 78.0 cm³/mol. The maximum atomic E-state index is 12.1. The van der Waals surface area contributed by atoms with Gasteiger partial charge in [0.05, 0.1) is 5.69 Å². The van der Waals surface area contributed by atoms with Gasteiger partial charge in [-0.3, -0.25) is 4.79 Å². The summed E-state index contributed by atoms with van der Waals surface area (Å²) >= 11 is 0. The molecule has 118 valence electrons. The van der Waals surface area contributed by atoms with Crippen molar-refractivity contribution in [3.8, 4) is 0 Å². The Kier molecular flexibility index (Phi) is 5.46. The van der Waals surface area contributed by atoms with Crippen LogP contribution in [0.3, 0.4) is 0 Å². The van der Waals surface area contributed by atoms with Crippen molar-refractivity contribution in [2.45, 2.75) is 59.5 Å². The lowest BCUT2D eigenvalue weighted by atomic mass is 10.0. The number of carboxylic acid groups (broad SMARTS) is 1. The zero-order valence-electron chi connectivity index (χ0n) is 13.3. The molecule has 0 unspecified atom stereocenters. The maximum Gasteiger partial charge on any atom is 0.358 e. The number of amides is 1. The van der Waals surface area contributed by atoms with E-state index < -0.39 is 5.97 Å². The molecule has 21 heavy (non-hydrogen) atoms. The van der Waals surface area contributed by atoms with Crippen molar-refractivity contribution in [2.75, 3.05) is 0 Å². The highest BCUT2D eigenvalue weighted by molar-refractivity contribution is 5.86. The fraction of sp³-hybridized carbons (Fsp3) is 0.714. The van der Waals surface area contributed by atoms with Gasteiger partial charge < -0.3 is 10.4 Å². The van der Waals surface area contributed by atoms with E-state index in [1.54, 1.807) is 0 Å². The monoisotopic (exact) mass is 296 g/mol. The number of carbonyl (C=O) groups excluding carboxylic acids is 1. The van der Waals surface area contributed by atoms with Crippen LogP contribution < -0.4 is 5.32 Å². The van der Waals surface area contributed by atoms with Crippen LogP contribution in [0.1, 0.15) is 57.2 Å². The molecule has 0 aliphatic rings. The van der Waals surface area contributed by atoms with Gasteiger partial charge in [0.2, 0.25) is 5.91 Å². The van der Waals surface area contributed by atoms with Gasteiger partial charge in [0, 0.05) is 5.54 Å². The molecule has 0 spiro atoms.